The molecule has 1 unspecified atom stereocenters. The van der Waals surface area contributed by atoms with E-state index in [2.05, 4.69) is 16.8 Å². The highest BCUT2D eigenvalue weighted by atomic mass is 16.2. The van der Waals surface area contributed by atoms with Crippen molar-refractivity contribution in [1.82, 2.24) is 14.8 Å². The number of fused-ring (bicyclic) bond motifs is 1. The first-order valence-electron chi connectivity index (χ1n) is 10.4. The Labute approximate surface area is 172 Å². The quantitative estimate of drug-likeness (QED) is 0.785. The van der Waals surface area contributed by atoms with E-state index in [1.807, 2.05) is 36.1 Å². The standard InChI is InChI=1S/C23H28N4O2/c1-3-11-25-12-14-26(15-13-25)21(28)16-20-22-19(5-4-10-24-22)23(29)27(20)18-8-6-17(2)7-9-18/h4-10,20H,3,11-16H2,1-2H3. The molecule has 0 N–H and O–H groups in total. The highest BCUT2D eigenvalue weighted by Crippen LogP contribution is 2.38. The summed E-state index contributed by atoms with van der Waals surface area (Å²) in [6, 6.07) is 11.1. The summed E-state index contributed by atoms with van der Waals surface area (Å²) in [7, 11) is 0. The Kier molecular flexibility index (Phi) is 5.62. The van der Waals surface area contributed by atoms with Gasteiger partial charge < -0.3 is 4.90 Å². The average Bonchev–Trinajstić information content (AvgIpc) is 3.01. The Morgan fingerprint density at radius 3 is 2.52 bits per heavy atom. The van der Waals surface area contributed by atoms with Gasteiger partial charge in [-0.05, 0) is 44.2 Å². The summed E-state index contributed by atoms with van der Waals surface area (Å²) in [5.41, 5.74) is 3.24. The zero-order chi connectivity index (χ0) is 20.4. The lowest BCUT2D eigenvalue weighted by Crippen LogP contribution is -2.49. The molecule has 2 aromatic rings. The third-order valence-corrected chi connectivity index (χ3v) is 5.86. The number of hydrogen-bond donors (Lipinski definition) is 0. The molecule has 3 heterocycles. The summed E-state index contributed by atoms with van der Waals surface area (Å²) in [6.45, 7) is 8.61. The number of rotatable bonds is 5. The molecule has 2 aliphatic rings. The molecule has 1 atom stereocenters. The smallest absolute Gasteiger partial charge is 0.260 e. The second kappa shape index (κ2) is 8.33. The molecule has 2 aliphatic heterocycles. The van der Waals surface area contributed by atoms with Gasteiger partial charge in [-0.2, -0.15) is 0 Å². The van der Waals surface area contributed by atoms with Gasteiger partial charge in [-0.15, -0.1) is 0 Å². The molecule has 6 nitrogen and oxygen atoms in total. The Hall–Kier alpha value is -2.73. The molecule has 1 aromatic heterocycles. The van der Waals surface area contributed by atoms with Crippen molar-refractivity contribution in [3.63, 3.8) is 0 Å². The number of benzene rings is 1. The first-order valence-corrected chi connectivity index (χ1v) is 10.4. The zero-order valence-electron chi connectivity index (χ0n) is 17.2. The van der Waals surface area contributed by atoms with Gasteiger partial charge in [-0.25, -0.2) is 0 Å². The summed E-state index contributed by atoms with van der Waals surface area (Å²) in [5.74, 6) is 0.0112. The average molecular weight is 393 g/mol. The van der Waals surface area contributed by atoms with Crippen LogP contribution in [0.5, 0.6) is 0 Å². The monoisotopic (exact) mass is 392 g/mol. The Balaban J connectivity index is 1.55. The molecule has 4 rings (SSSR count). The van der Waals surface area contributed by atoms with Crippen LogP contribution in [0.1, 0.15) is 47.4 Å². The van der Waals surface area contributed by atoms with Crippen LogP contribution >= 0.6 is 0 Å². The van der Waals surface area contributed by atoms with Gasteiger partial charge in [-0.1, -0.05) is 24.6 Å². The molecule has 1 saturated heterocycles. The van der Waals surface area contributed by atoms with Crippen LogP contribution in [-0.4, -0.2) is 59.3 Å². The number of aryl methyl sites for hydroxylation is 1. The number of amides is 2. The normalized spacial score (nSPS) is 19.5. The van der Waals surface area contributed by atoms with Crippen molar-refractivity contribution in [1.29, 1.82) is 0 Å². The summed E-state index contributed by atoms with van der Waals surface area (Å²) in [5, 5.41) is 0. The van der Waals surface area contributed by atoms with Gasteiger partial charge in [0.1, 0.15) is 0 Å². The molecule has 0 spiro atoms. The highest BCUT2D eigenvalue weighted by Gasteiger charge is 2.40. The van der Waals surface area contributed by atoms with E-state index in [9.17, 15) is 9.59 Å². The van der Waals surface area contributed by atoms with Gasteiger partial charge >= 0.3 is 0 Å². The molecule has 6 heteroatoms. The number of carbonyl (C=O) groups is 2. The first-order chi connectivity index (χ1) is 14.1. The second-order valence-corrected chi connectivity index (χ2v) is 7.89. The number of aromatic nitrogens is 1. The van der Waals surface area contributed by atoms with Crippen molar-refractivity contribution in [2.45, 2.75) is 32.7 Å². The minimum Gasteiger partial charge on any atom is -0.340 e. The van der Waals surface area contributed by atoms with Crippen molar-refractivity contribution in [3.05, 3.63) is 59.4 Å². The minimum absolute atomic E-state index is 0.0810. The molecule has 152 valence electrons. The molecule has 29 heavy (non-hydrogen) atoms. The molecule has 0 radical (unpaired) electrons. The van der Waals surface area contributed by atoms with Gasteiger partial charge in [0, 0.05) is 38.1 Å². The van der Waals surface area contributed by atoms with Gasteiger partial charge in [-0.3, -0.25) is 24.4 Å². The topological polar surface area (TPSA) is 56.8 Å². The Morgan fingerprint density at radius 2 is 1.83 bits per heavy atom. The van der Waals surface area contributed by atoms with Crippen molar-refractivity contribution in [3.8, 4) is 0 Å². The van der Waals surface area contributed by atoms with E-state index >= 15 is 0 Å². The molecule has 2 amide bonds. The Bertz CT molecular complexity index is 888. The van der Waals surface area contributed by atoms with Gasteiger partial charge in [0.2, 0.25) is 5.91 Å². The van der Waals surface area contributed by atoms with Crippen LogP contribution in [0.3, 0.4) is 0 Å². The van der Waals surface area contributed by atoms with Gasteiger partial charge in [0.05, 0.1) is 23.7 Å². The SMILES string of the molecule is CCCN1CCN(C(=O)CC2c3ncccc3C(=O)N2c2ccc(C)cc2)CC1. The number of carbonyl (C=O) groups excluding carboxylic acids is 2. The zero-order valence-corrected chi connectivity index (χ0v) is 17.2. The molecular weight excluding hydrogens is 364 g/mol. The van der Waals surface area contributed by atoms with Crippen molar-refractivity contribution in [2.75, 3.05) is 37.6 Å². The molecule has 0 bridgehead atoms. The van der Waals surface area contributed by atoms with E-state index in [4.69, 9.17) is 0 Å². The van der Waals surface area contributed by atoms with Crippen molar-refractivity contribution < 1.29 is 9.59 Å². The van der Waals surface area contributed by atoms with Crippen LogP contribution < -0.4 is 4.90 Å². The second-order valence-electron chi connectivity index (χ2n) is 7.89. The van der Waals surface area contributed by atoms with E-state index in [1.165, 1.54) is 0 Å². The summed E-state index contributed by atoms with van der Waals surface area (Å²) < 4.78 is 0. The van der Waals surface area contributed by atoms with Crippen LogP contribution in [0, 0.1) is 6.92 Å². The lowest BCUT2D eigenvalue weighted by molar-refractivity contribution is -0.133. The summed E-state index contributed by atoms with van der Waals surface area (Å²) >= 11 is 0. The molecule has 1 aromatic carbocycles. The first kappa shape index (κ1) is 19.6. The van der Waals surface area contributed by atoms with Crippen molar-refractivity contribution in [2.24, 2.45) is 0 Å². The van der Waals surface area contributed by atoms with Crippen LogP contribution in [0.4, 0.5) is 5.69 Å². The van der Waals surface area contributed by atoms with E-state index in [-0.39, 0.29) is 24.3 Å². The fourth-order valence-electron chi connectivity index (χ4n) is 4.28. The minimum atomic E-state index is -0.359. The number of piperazine rings is 1. The largest absolute Gasteiger partial charge is 0.340 e. The van der Waals surface area contributed by atoms with Crippen LogP contribution in [-0.2, 0) is 4.79 Å². The fraction of sp³-hybridized carbons (Fsp3) is 0.435. The number of nitrogens with zero attached hydrogens (tertiary/aromatic N) is 4. The maximum Gasteiger partial charge on any atom is 0.260 e. The van der Waals surface area contributed by atoms with E-state index in [0.717, 1.165) is 50.4 Å². The number of pyridine rings is 1. The maximum atomic E-state index is 13.1. The van der Waals surface area contributed by atoms with E-state index in [1.54, 1.807) is 23.2 Å². The van der Waals surface area contributed by atoms with Gasteiger partial charge in [0.15, 0.2) is 0 Å². The summed E-state index contributed by atoms with van der Waals surface area (Å²) in [4.78, 5) is 36.8. The summed E-state index contributed by atoms with van der Waals surface area (Å²) in [6.07, 6.45) is 3.09. The highest BCUT2D eigenvalue weighted by molar-refractivity contribution is 6.11. The van der Waals surface area contributed by atoms with Crippen molar-refractivity contribution >= 4 is 17.5 Å². The predicted octanol–water partition coefficient (Wildman–Crippen LogP) is 3.04. The van der Waals surface area contributed by atoms with Gasteiger partial charge in [0.25, 0.3) is 5.91 Å². The molecule has 0 saturated carbocycles. The Morgan fingerprint density at radius 1 is 1.10 bits per heavy atom. The third kappa shape index (κ3) is 3.90. The predicted molar refractivity (Wildman–Crippen MR) is 113 cm³/mol. The molecular formula is C23H28N4O2. The van der Waals surface area contributed by atoms with Crippen LogP contribution in [0.2, 0.25) is 0 Å². The van der Waals surface area contributed by atoms with E-state index < -0.39 is 0 Å². The van der Waals surface area contributed by atoms with Crippen LogP contribution in [0.15, 0.2) is 42.6 Å². The third-order valence-electron chi connectivity index (χ3n) is 5.86. The molecule has 0 aliphatic carbocycles. The lowest BCUT2D eigenvalue weighted by atomic mass is 10.1. The lowest BCUT2D eigenvalue weighted by Gasteiger charge is -2.35. The van der Waals surface area contributed by atoms with Crippen LogP contribution in [0.25, 0.3) is 0 Å². The fourth-order valence-corrected chi connectivity index (χ4v) is 4.28. The maximum absolute atomic E-state index is 13.1. The number of anilines is 1. The number of hydrogen-bond acceptors (Lipinski definition) is 4. The van der Waals surface area contributed by atoms with E-state index in [0.29, 0.717) is 11.3 Å². The molecule has 1 fully saturated rings.